The second-order valence-electron chi connectivity index (χ2n) is 7.03. The predicted molar refractivity (Wildman–Crippen MR) is 90.7 cm³/mol. The van der Waals surface area contributed by atoms with E-state index in [9.17, 15) is 4.79 Å². The Balaban J connectivity index is 1.82. The van der Waals surface area contributed by atoms with Gasteiger partial charge < -0.3 is 19.6 Å². The van der Waals surface area contributed by atoms with Crippen LogP contribution in [-0.2, 0) is 9.47 Å². The molecule has 0 aliphatic carbocycles. The second kappa shape index (κ2) is 6.45. The lowest BCUT2D eigenvalue weighted by Crippen LogP contribution is -2.54. The fourth-order valence-electron chi connectivity index (χ4n) is 2.82. The maximum atomic E-state index is 12.5. The van der Waals surface area contributed by atoms with Gasteiger partial charge in [0.1, 0.15) is 16.9 Å². The van der Waals surface area contributed by atoms with E-state index >= 15 is 0 Å². The van der Waals surface area contributed by atoms with Crippen molar-refractivity contribution in [3.63, 3.8) is 0 Å². The summed E-state index contributed by atoms with van der Waals surface area (Å²) >= 11 is 0. The summed E-state index contributed by atoms with van der Waals surface area (Å²) in [7, 11) is 0. The zero-order chi connectivity index (χ0) is 17.3. The number of nitrogens with two attached hydrogens (primary N) is 1. The van der Waals surface area contributed by atoms with Gasteiger partial charge in [-0.25, -0.2) is 4.79 Å². The third-order valence-corrected chi connectivity index (χ3v) is 3.98. The molecule has 2 aromatic rings. The van der Waals surface area contributed by atoms with Crippen LogP contribution in [0.2, 0.25) is 0 Å². The molecule has 6 nitrogen and oxygen atoms in total. The van der Waals surface area contributed by atoms with Crippen molar-refractivity contribution in [2.45, 2.75) is 38.5 Å². The van der Waals surface area contributed by atoms with E-state index in [1.807, 2.05) is 51.1 Å². The van der Waals surface area contributed by atoms with Gasteiger partial charge in [-0.2, -0.15) is 0 Å². The number of ether oxygens (including phenoxy) is 2. The normalized spacial score (nSPS) is 20.2. The number of benzene rings is 1. The highest BCUT2D eigenvalue weighted by Gasteiger charge is 2.36. The number of rotatable bonds is 2. The molecule has 0 bridgehead atoms. The number of amides is 1. The second-order valence-corrected chi connectivity index (χ2v) is 7.03. The molecule has 130 valence electrons. The molecule has 24 heavy (non-hydrogen) atoms. The fraction of sp³-hybridized carbons (Fsp3) is 0.500. The number of carbonyl (C=O) groups is 1. The average Bonchev–Trinajstić information content (AvgIpc) is 2.96. The number of hydrogen-bond acceptors (Lipinski definition) is 5. The third kappa shape index (κ3) is 3.55. The smallest absolute Gasteiger partial charge is 0.410 e. The summed E-state index contributed by atoms with van der Waals surface area (Å²) in [5.74, 6) is 0.639. The summed E-state index contributed by atoms with van der Waals surface area (Å²) in [6.45, 7) is 6.83. The summed E-state index contributed by atoms with van der Waals surface area (Å²) in [6.07, 6.45) is -0.373. The molecule has 2 heterocycles. The van der Waals surface area contributed by atoms with Crippen LogP contribution in [0.5, 0.6) is 0 Å². The Morgan fingerprint density at radius 1 is 1.38 bits per heavy atom. The first-order chi connectivity index (χ1) is 11.3. The number of morpholine rings is 1. The molecule has 6 heteroatoms. The Kier molecular flexibility index (Phi) is 4.51. The Bertz CT molecular complexity index is 686. The van der Waals surface area contributed by atoms with Crippen LogP contribution in [0.4, 0.5) is 4.79 Å². The summed E-state index contributed by atoms with van der Waals surface area (Å²) in [4.78, 5) is 14.1. The van der Waals surface area contributed by atoms with Crippen molar-refractivity contribution < 1.29 is 18.7 Å². The summed E-state index contributed by atoms with van der Waals surface area (Å²) in [6, 6.07) is 8.84. The van der Waals surface area contributed by atoms with Gasteiger partial charge in [-0.3, -0.25) is 4.90 Å². The highest BCUT2D eigenvalue weighted by molar-refractivity contribution is 5.78. The standard InChI is InChI=1S/C18H24N2O4/c1-18(2,3)24-17(21)20-8-9-22-11-13(20)16(19)15-10-12-6-4-5-7-14(12)23-15/h4-7,10,13,16H,8-9,11,19H2,1-3H3. The van der Waals surface area contributed by atoms with Crippen LogP contribution >= 0.6 is 0 Å². The van der Waals surface area contributed by atoms with E-state index in [0.29, 0.717) is 25.5 Å². The quantitative estimate of drug-likeness (QED) is 0.914. The molecule has 1 aliphatic rings. The molecule has 2 N–H and O–H groups in total. The highest BCUT2D eigenvalue weighted by Crippen LogP contribution is 2.28. The highest BCUT2D eigenvalue weighted by atomic mass is 16.6. The topological polar surface area (TPSA) is 77.9 Å². The van der Waals surface area contributed by atoms with Gasteiger partial charge >= 0.3 is 6.09 Å². The molecule has 1 amide bonds. The van der Waals surface area contributed by atoms with Crippen LogP contribution in [0.1, 0.15) is 32.6 Å². The van der Waals surface area contributed by atoms with Crippen LogP contribution in [0.25, 0.3) is 11.0 Å². The van der Waals surface area contributed by atoms with E-state index in [1.54, 1.807) is 4.90 Å². The number of furan rings is 1. The van der Waals surface area contributed by atoms with Gasteiger partial charge in [0.25, 0.3) is 0 Å². The Labute approximate surface area is 141 Å². The minimum Gasteiger partial charge on any atom is -0.459 e. The van der Waals surface area contributed by atoms with E-state index in [4.69, 9.17) is 19.6 Å². The molecule has 0 saturated carbocycles. The summed E-state index contributed by atoms with van der Waals surface area (Å²) in [5.41, 5.74) is 6.63. The Morgan fingerprint density at radius 2 is 2.12 bits per heavy atom. The zero-order valence-electron chi connectivity index (χ0n) is 14.3. The van der Waals surface area contributed by atoms with E-state index in [0.717, 1.165) is 11.0 Å². The first-order valence-corrected chi connectivity index (χ1v) is 8.16. The van der Waals surface area contributed by atoms with Crippen molar-refractivity contribution in [1.82, 2.24) is 4.90 Å². The van der Waals surface area contributed by atoms with Crippen LogP contribution in [0.3, 0.4) is 0 Å². The molecule has 0 spiro atoms. The fourth-order valence-corrected chi connectivity index (χ4v) is 2.82. The maximum Gasteiger partial charge on any atom is 0.410 e. The summed E-state index contributed by atoms with van der Waals surface area (Å²) < 4.78 is 16.9. The van der Waals surface area contributed by atoms with Gasteiger partial charge in [-0.05, 0) is 32.9 Å². The van der Waals surface area contributed by atoms with Gasteiger partial charge in [0.05, 0.1) is 25.3 Å². The summed E-state index contributed by atoms with van der Waals surface area (Å²) in [5, 5.41) is 0.989. The van der Waals surface area contributed by atoms with Crippen molar-refractivity contribution in [2.75, 3.05) is 19.8 Å². The lowest BCUT2D eigenvalue weighted by atomic mass is 10.0. The molecule has 1 fully saturated rings. The SMILES string of the molecule is CC(C)(C)OC(=O)N1CCOCC1C(N)c1cc2ccccc2o1. The molecule has 2 unspecified atom stereocenters. The van der Waals surface area contributed by atoms with E-state index < -0.39 is 11.6 Å². The number of nitrogens with zero attached hydrogens (tertiary/aromatic N) is 1. The van der Waals surface area contributed by atoms with E-state index in [-0.39, 0.29) is 12.1 Å². The molecular formula is C18H24N2O4. The van der Waals surface area contributed by atoms with Crippen molar-refractivity contribution in [3.8, 4) is 0 Å². The predicted octanol–water partition coefficient (Wildman–Crippen LogP) is 3.07. The van der Waals surface area contributed by atoms with Crippen molar-refractivity contribution in [2.24, 2.45) is 5.73 Å². The molecule has 1 aliphatic heterocycles. The minimum absolute atomic E-state index is 0.325. The van der Waals surface area contributed by atoms with Gasteiger partial charge in [0, 0.05) is 11.9 Å². The third-order valence-electron chi connectivity index (χ3n) is 3.98. The number of hydrogen-bond donors (Lipinski definition) is 1. The van der Waals surface area contributed by atoms with Crippen LogP contribution in [-0.4, -0.2) is 42.4 Å². The molecule has 2 atom stereocenters. The lowest BCUT2D eigenvalue weighted by molar-refractivity contribution is -0.0395. The molecular weight excluding hydrogens is 308 g/mol. The monoisotopic (exact) mass is 332 g/mol. The number of para-hydroxylation sites is 1. The van der Waals surface area contributed by atoms with E-state index in [2.05, 4.69) is 0 Å². The van der Waals surface area contributed by atoms with Gasteiger partial charge in [0.15, 0.2) is 0 Å². The molecule has 0 radical (unpaired) electrons. The minimum atomic E-state index is -0.552. The van der Waals surface area contributed by atoms with Crippen molar-refractivity contribution >= 4 is 17.1 Å². The Morgan fingerprint density at radius 3 is 2.83 bits per heavy atom. The molecule has 1 aromatic carbocycles. The van der Waals surface area contributed by atoms with Gasteiger partial charge in [-0.15, -0.1) is 0 Å². The van der Waals surface area contributed by atoms with Gasteiger partial charge in [0.2, 0.25) is 0 Å². The molecule has 1 aromatic heterocycles. The largest absolute Gasteiger partial charge is 0.459 e. The van der Waals surface area contributed by atoms with E-state index in [1.165, 1.54) is 0 Å². The number of fused-ring (bicyclic) bond motifs is 1. The molecule has 1 saturated heterocycles. The maximum absolute atomic E-state index is 12.5. The first kappa shape index (κ1) is 16.8. The van der Waals surface area contributed by atoms with Crippen molar-refractivity contribution in [3.05, 3.63) is 36.1 Å². The average molecular weight is 332 g/mol. The van der Waals surface area contributed by atoms with Crippen molar-refractivity contribution in [1.29, 1.82) is 0 Å². The molecule has 3 rings (SSSR count). The Hall–Kier alpha value is -2.05. The van der Waals surface area contributed by atoms with Crippen LogP contribution in [0, 0.1) is 0 Å². The first-order valence-electron chi connectivity index (χ1n) is 8.16. The van der Waals surface area contributed by atoms with Crippen LogP contribution in [0.15, 0.2) is 34.7 Å². The van der Waals surface area contributed by atoms with Gasteiger partial charge in [-0.1, -0.05) is 18.2 Å². The van der Waals surface area contributed by atoms with Crippen LogP contribution < -0.4 is 5.73 Å². The zero-order valence-corrected chi connectivity index (χ0v) is 14.3. The number of carbonyl (C=O) groups excluding carboxylic acids is 1. The lowest BCUT2D eigenvalue weighted by Gasteiger charge is -2.38.